The van der Waals surface area contributed by atoms with Crippen molar-refractivity contribution in [3.8, 4) is 0 Å². The Morgan fingerprint density at radius 1 is 0.905 bits per heavy atom. The lowest BCUT2D eigenvalue weighted by molar-refractivity contribution is -0.144. The van der Waals surface area contributed by atoms with Crippen LogP contribution in [0, 0.1) is 0 Å². The lowest BCUT2D eigenvalue weighted by Crippen LogP contribution is -2.55. The Morgan fingerprint density at radius 2 is 1.62 bits per heavy atom. The standard InChI is InChI=1S/C31H27N3O7S/c1-39-27(36)21-16-31-19-12-7-8-13-20(19)33(17-18-10-5-4-6-11-18)25(31)23(28(37)40-2)24(29(38)41-3)32-30(31)34(21)26(35)22-14-9-15-42-22/h4-15,21,25H,16-17H2,1-3H3/t21?,25?,31-/m0/s1. The predicted molar refractivity (Wildman–Crippen MR) is 154 cm³/mol. The molecule has 42 heavy (non-hydrogen) atoms. The lowest BCUT2D eigenvalue weighted by Gasteiger charge is -2.40. The molecule has 6 rings (SSSR count). The van der Waals surface area contributed by atoms with Crippen LogP contribution in [0.4, 0.5) is 5.69 Å². The first kappa shape index (κ1) is 27.4. The van der Waals surface area contributed by atoms with Gasteiger partial charge < -0.3 is 19.1 Å². The number of hydrogen-bond donors (Lipinski definition) is 0. The monoisotopic (exact) mass is 585 g/mol. The molecule has 1 fully saturated rings. The van der Waals surface area contributed by atoms with Crippen LogP contribution in [0.1, 0.15) is 27.2 Å². The smallest absolute Gasteiger partial charge is 0.357 e. The molecule has 3 atom stereocenters. The number of nitrogens with zero attached hydrogens (tertiary/aromatic N) is 3. The van der Waals surface area contributed by atoms with Crippen LogP contribution in [0.3, 0.4) is 0 Å². The molecule has 4 heterocycles. The third kappa shape index (κ3) is 3.95. The first-order valence-electron chi connectivity index (χ1n) is 13.2. The van der Waals surface area contributed by atoms with Crippen molar-refractivity contribution in [2.24, 2.45) is 4.99 Å². The van der Waals surface area contributed by atoms with E-state index < -0.39 is 41.3 Å². The summed E-state index contributed by atoms with van der Waals surface area (Å²) >= 11 is 1.22. The number of likely N-dealkylation sites (tertiary alicyclic amines) is 1. The molecule has 1 amide bonds. The number of rotatable bonds is 6. The molecule has 2 aromatic carbocycles. The van der Waals surface area contributed by atoms with Crippen molar-refractivity contribution in [3.63, 3.8) is 0 Å². The third-order valence-corrected chi connectivity index (χ3v) is 8.93. The summed E-state index contributed by atoms with van der Waals surface area (Å²) < 4.78 is 15.5. The molecule has 0 N–H and O–H groups in total. The average Bonchev–Trinajstić information content (AvgIpc) is 3.75. The molecule has 11 heteroatoms. The Morgan fingerprint density at radius 3 is 2.29 bits per heavy atom. The minimum absolute atomic E-state index is 0.00531. The van der Waals surface area contributed by atoms with Gasteiger partial charge in [-0.1, -0.05) is 54.6 Å². The van der Waals surface area contributed by atoms with Gasteiger partial charge in [-0.15, -0.1) is 11.3 Å². The number of amidine groups is 1. The highest BCUT2D eigenvalue weighted by atomic mass is 32.1. The first-order chi connectivity index (χ1) is 20.4. The summed E-state index contributed by atoms with van der Waals surface area (Å²) in [5, 5.41) is 1.76. The van der Waals surface area contributed by atoms with Crippen molar-refractivity contribution in [3.05, 3.63) is 99.4 Å². The van der Waals surface area contributed by atoms with E-state index in [2.05, 4.69) is 0 Å². The van der Waals surface area contributed by atoms with E-state index in [1.807, 2.05) is 59.5 Å². The van der Waals surface area contributed by atoms with Gasteiger partial charge in [-0.05, 0) is 35.1 Å². The SMILES string of the molecule is COC(=O)C1=C(C(=O)OC)C2N(Cc3ccccc3)c3ccccc3[C@@]23CC(C(=O)OC)N(C(=O)c2cccs2)C3=N1. The molecule has 3 aromatic rings. The Balaban J connectivity index is 1.67. The minimum atomic E-state index is -1.18. The van der Waals surface area contributed by atoms with Crippen molar-refractivity contribution in [2.75, 3.05) is 26.2 Å². The van der Waals surface area contributed by atoms with Gasteiger partial charge in [0.15, 0.2) is 5.70 Å². The van der Waals surface area contributed by atoms with Gasteiger partial charge in [0.25, 0.3) is 5.91 Å². The number of methoxy groups -OCH3 is 3. The average molecular weight is 586 g/mol. The Hall–Kier alpha value is -4.77. The van der Waals surface area contributed by atoms with Gasteiger partial charge in [0.05, 0.1) is 43.2 Å². The zero-order valence-corrected chi connectivity index (χ0v) is 23.9. The molecule has 0 bridgehead atoms. The van der Waals surface area contributed by atoms with Gasteiger partial charge >= 0.3 is 17.9 Å². The largest absolute Gasteiger partial charge is 0.467 e. The number of thiophene rings is 1. The van der Waals surface area contributed by atoms with Gasteiger partial charge in [-0.3, -0.25) is 9.69 Å². The maximum Gasteiger partial charge on any atom is 0.357 e. The highest BCUT2D eigenvalue weighted by Gasteiger charge is 2.67. The molecule has 214 valence electrons. The number of ether oxygens (including phenoxy) is 3. The van der Waals surface area contributed by atoms with Crippen molar-refractivity contribution >= 4 is 46.7 Å². The summed E-state index contributed by atoms with van der Waals surface area (Å²) in [6.45, 7) is 0.355. The van der Waals surface area contributed by atoms with Crippen LogP contribution in [0.15, 0.2) is 88.4 Å². The van der Waals surface area contributed by atoms with Crippen LogP contribution in [0.2, 0.25) is 0 Å². The third-order valence-electron chi connectivity index (χ3n) is 8.08. The molecule has 1 saturated heterocycles. The number of para-hydroxylation sites is 1. The Bertz CT molecular complexity index is 1650. The van der Waals surface area contributed by atoms with Crippen LogP contribution >= 0.6 is 11.3 Å². The van der Waals surface area contributed by atoms with Gasteiger partial charge in [-0.2, -0.15) is 0 Å². The van der Waals surface area contributed by atoms with Crippen LogP contribution in [-0.2, 0) is 40.6 Å². The number of aliphatic imine (C=N–C) groups is 1. The summed E-state index contributed by atoms with van der Waals surface area (Å²) in [5.41, 5.74) is 1.03. The molecule has 2 unspecified atom stereocenters. The molecule has 1 aromatic heterocycles. The predicted octanol–water partition coefficient (Wildman–Crippen LogP) is 3.47. The van der Waals surface area contributed by atoms with Gasteiger partial charge in [-0.25, -0.2) is 19.4 Å². The number of carbonyl (C=O) groups excluding carboxylic acids is 4. The van der Waals surface area contributed by atoms with E-state index in [0.717, 1.165) is 16.8 Å². The van der Waals surface area contributed by atoms with E-state index >= 15 is 0 Å². The molecular formula is C31H27N3O7S. The van der Waals surface area contributed by atoms with E-state index in [1.54, 1.807) is 17.5 Å². The second kappa shape index (κ2) is 10.6. The minimum Gasteiger partial charge on any atom is -0.467 e. The fourth-order valence-electron chi connectivity index (χ4n) is 6.43. The number of benzene rings is 2. The number of carbonyl (C=O) groups is 4. The highest BCUT2D eigenvalue weighted by molar-refractivity contribution is 7.12. The van der Waals surface area contributed by atoms with E-state index in [1.165, 1.54) is 37.6 Å². The van der Waals surface area contributed by atoms with Crippen LogP contribution in [0.5, 0.6) is 0 Å². The van der Waals surface area contributed by atoms with E-state index in [0.29, 0.717) is 11.4 Å². The Labute approximate surface area is 245 Å². The number of anilines is 1. The number of fused-ring (bicyclic) bond motifs is 1. The Kier molecular flexibility index (Phi) is 6.90. The van der Waals surface area contributed by atoms with Crippen molar-refractivity contribution < 1.29 is 33.4 Å². The van der Waals surface area contributed by atoms with Gasteiger partial charge in [0, 0.05) is 12.2 Å². The summed E-state index contributed by atoms with van der Waals surface area (Å²) in [6, 6.07) is 18.7. The second-order valence-corrected chi connectivity index (χ2v) is 11.0. The molecule has 1 spiro atoms. The quantitative estimate of drug-likeness (QED) is 0.319. The summed E-state index contributed by atoms with van der Waals surface area (Å²) in [4.78, 5) is 62.8. The molecule has 0 saturated carbocycles. The maximum absolute atomic E-state index is 14.1. The first-order valence-corrected chi connectivity index (χ1v) is 14.1. The summed E-state index contributed by atoms with van der Waals surface area (Å²) in [7, 11) is 3.69. The van der Waals surface area contributed by atoms with Crippen molar-refractivity contribution in [1.29, 1.82) is 0 Å². The fourth-order valence-corrected chi connectivity index (χ4v) is 7.09. The molecule has 10 nitrogen and oxygen atoms in total. The normalized spacial score (nSPS) is 22.1. The number of esters is 3. The highest BCUT2D eigenvalue weighted by Crippen LogP contribution is 2.58. The molecule has 3 aliphatic heterocycles. The molecule has 0 aliphatic carbocycles. The zero-order chi connectivity index (χ0) is 29.6. The van der Waals surface area contributed by atoms with Crippen molar-refractivity contribution in [1.82, 2.24) is 4.90 Å². The van der Waals surface area contributed by atoms with Gasteiger partial charge in [0.2, 0.25) is 0 Å². The van der Waals surface area contributed by atoms with Crippen LogP contribution < -0.4 is 4.90 Å². The topological polar surface area (TPSA) is 115 Å². The van der Waals surface area contributed by atoms with Crippen LogP contribution in [0.25, 0.3) is 0 Å². The second-order valence-electron chi connectivity index (χ2n) is 10.1. The molecule has 3 aliphatic rings. The molecule has 0 radical (unpaired) electrons. The number of amides is 1. The zero-order valence-electron chi connectivity index (χ0n) is 23.1. The van der Waals surface area contributed by atoms with Gasteiger partial charge in [0.1, 0.15) is 11.9 Å². The van der Waals surface area contributed by atoms with E-state index in [9.17, 15) is 19.2 Å². The lowest BCUT2D eigenvalue weighted by atomic mass is 9.69. The van der Waals surface area contributed by atoms with Crippen molar-refractivity contribution in [2.45, 2.75) is 30.5 Å². The summed E-state index contributed by atoms with van der Waals surface area (Å²) in [5.74, 6) is -2.54. The van der Waals surface area contributed by atoms with E-state index in [-0.39, 0.29) is 23.5 Å². The van der Waals surface area contributed by atoms with Crippen LogP contribution in [-0.4, -0.2) is 68.0 Å². The maximum atomic E-state index is 14.1. The van der Waals surface area contributed by atoms with E-state index in [4.69, 9.17) is 19.2 Å². The number of hydrogen-bond acceptors (Lipinski definition) is 10. The summed E-state index contributed by atoms with van der Waals surface area (Å²) in [6.07, 6.45) is 0.0670. The molecular weight excluding hydrogens is 558 g/mol. The fraction of sp³-hybridized carbons (Fsp3) is 0.258.